The number of hydrogen-bond acceptors (Lipinski definition) is 3. The van der Waals surface area contributed by atoms with E-state index in [1.54, 1.807) is 0 Å². The maximum atomic E-state index is 12.1. The van der Waals surface area contributed by atoms with E-state index in [0.29, 0.717) is 5.02 Å². The molecule has 0 unspecified atom stereocenters. The molecule has 20 heavy (non-hydrogen) atoms. The Bertz CT molecular complexity index is 722. The number of halogens is 3. The first-order valence-electron chi connectivity index (χ1n) is 5.04. The monoisotopic (exact) mass is 353 g/mol. The van der Waals surface area contributed by atoms with Crippen molar-refractivity contribution < 1.29 is 13.2 Å². The van der Waals surface area contributed by atoms with Crippen molar-refractivity contribution in [1.29, 1.82) is 0 Å². The van der Waals surface area contributed by atoms with Crippen molar-refractivity contribution in [3.63, 3.8) is 0 Å². The molecule has 1 aliphatic heterocycles. The van der Waals surface area contributed by atoms with Crippen LogP contribution in [0.3, 0.4) is 0 Å². The van der Waals surface area contributed by atoms with Gasteiger partial charge in [-0.3, -0.25) is 5.32 Å². The van der Waals surface area contributed by atoms with Gasteiger partial charge in [-0.15, -0.1) is 4.40 Å². The van der Waals surface area contributed by atoms with E-state index >= 15 is 0 Å². The largest absolute Gasteiger partial charge is 0.325 e. The molecule has 0 saturated carbocycles. The van der Waals surface area contributed by atoms with E-state index < -0.39 is 16.1 Å². The number of urea groups is 1. The van der Waals surface area contributed by atoms with Crippen LogP contribution in [0.5, 0.6) is 0 Å². The van der Waals surface area contributed by atoms with E-state index in [4.69, 9.17) is 34.8 Å². The summed E-state index contributed by atoms with van der Waals surface area (Å²) >= 11 is 16.7. The molecule has 1 saturated heterocycles. The minimum Gasteiger partial charge on any atom is -0.302 e. The molecule has 1 heterocycles. The lowest BCUT2D eigenvalue weighted by Gasteiger charge is -2.01. The Labute approximate surface area is 129 Å². The number of carbonyl (C=O) groups is 1. The zero-order valence-corrected chi connectivity index (χ0v) is 12.6. The van der Waals surface area contributed by atoms with Crippen molar-refractivity contribution in [1.82, 2.24) is 10.6 Å². The zero-order chi connectivity index (χ0) is 14.9. The second kappa shape index (κ2) is 5.61. The lowest BCUT2D eigenvalue weighted by Crippen LogP contribution is -2.23. The molecule has 6 nitrogen and oxygen atoms in total. The maximum absolute atomic E-state index is 12.1. The fraction of sp³-hybridized carbons (Fsp3) is 0. The van der Waals surface area contributed by atoms with Gasteiger partial charge in [-0.05, 0) is 24.3 Å². The average molecular weight is 355 g/mol. The van der Waals surface area contributed by atoms with E-state index in [9.17, 15) is 13.2 Å². The van der Waals surface area contributed by atoms with Gasteiger partial charge in [-0.1, -0.05) is 34.8 Å². The molecule has 106 valence electrons. The highest BCUT2D eigenvalue weighted by molar-refractivity contribution is 7.90. The normalized spacial score (nSPS) is 17.1. The van der Waals surface area contributed by atoms with E-state index in [1.807, 2.05) is 0 Å². The highest BCUT2D eigenvalue weighted by atomic mass is 35.5. The number of amidine groups is 1. The van der Waals surface area contributed by atoms with Gasteiger partial charge in [-0.2, -0.15) is 8.42 Å². The van der Waals surface area contributed by atoms with Crippen LogP contribution in [0.1, 0.15) is 0 Å². The average Bonchev–Trinajstić information content (AvgIpc) is 2.70. The van der Waals surface area contributed by atoms with Crippen LogP contribution in [0.4, 0.5) is 4.79 Å². The summed E-state index contributed by atoms with van der Waals surface area (Å²) < 4.78 is 27.3. The third-order valence-corrected chi connectivity index (χ3v) is 4.14. The van der Waals surface area contributed by atoms with Gasteiger partial charge in [0.05, 0.1) is 4.90 Å². The first kappa shape index (κ1) is 15.1. The lowest BCUT2D eigenvalue weighted by molar-refractivity contribution is 0.250. The van der Waals surface area contributed by atoms with Crippen LogP contribution in [-0.4, -0.2) is 20.3 Å². The molecule has 0 radical (unpaired) electrons. The Morgan fingerprint density at radius 3 is 2.25 bits per heavy atom. The van der Waals surface area contributed by atoms with Crippen molar-refractivity contribution in [2.24, 2.45) is 4.40 Å². The molecule has 2 N–H and O–H groups in total. The molecule has 2 rings (SSSR count). The van der Waals surface area contributed by atoms with Crippen molar-refractivity contribution >= 4 is 56.7 Å². The van der Waals surface area contributed by atoms with Crippen LogP contribution >= 0.6 is 34.8 Å². The van der Waals surface area contributed by atoms with Crippen LogP contribution < -0.4 is 10.6 Å². The van der Waals surface area contributed by atoms with Crippen molar-refractivity contribution in [2.45, 2.75) is 4.90 Å². The lowest BCUT2D eigenvalue weighted by atomic mass is 10.4. The molecule has 0 atom stereocenters. The van der Waals surface area contributed by atoms with Crippen molar-refractivity contribution in [3.8, 4) is 0 Å². The summed E-state index contributed by atoms with van der Waals surface area (Å²) in [4.78, 5) is 11.1. The SMILES string of the molecule is O=C1NC(=C(Cl)Cl)/C(=N/S(=O)(=O)c2ccc(Cl)cc2)N1. The van der Waals surface area contributed by atoms with Gasteiger partial charge < -0.3 is 5.32 Å². The Morgan fingerprint density at radius 1 is 1.10 bits per heavy atom. The van der Waals surface area contributed by atoms with E-state index in [0.717, 1.165) is 0 Å². The molecule has 1 fully saturated rings. The van der Waals surface area contributed by atoms with E-state index in [2.05, 4.69) is 15.0 Å². The fourth-order valence-corrected chi connectivity index (χ4v) is 2.72. The van der Waals surface area contributed by atoms with Crippen LogP contribution in [0, 0.1) is 0 Å². The summed E-state index contributed by atoms with van der Waals surface area (Å²) in [5, 5.41) is 4.81. The summed E-state index contributed by atoms with van der Waals surface area (Å²) in [5.41, 5.74) is -0.101. The first-order chi connectivity index (χ1) is 9.29. The highest BCUT2D eigenvalue weighted by Gasteiger charge is 2.27. The highest BCUT2D eigenvalue weighted by Crippen LogP contribution is 2.20. The fourth-order valence-electron chi connectivity index (χ4n) is 1.36. The number of rotatable bonds is 2. The summed E-state index contributed by atoms with van der Waals surface area (Å²) in [5.74, 6) is -0.273. The third kappa shape index (κ3) is 3.24. The van der Waals surface area contributed by atoms with Gasteiger partial charge in [0.2, 0.25) is 0 Å². The van der Waals surface area contributed by atoms with Crippen molar-refractivity contribution in [3.05, 3.63) is 39.5 Å². The number of nitrogens with zero attached hydrogens (tertiary/aromatic N) is 1. The number of hydrogen-bond donors (Lipinski definition) is 2. The number of benzene rings is 1. The van der Waals surface area contributed by atoms with Gasteiger partial charge >= 0.3 is 6.03 Å². The smallest absolute Gasteiger partial charge is 0.302 e. The molecule has 1 aliphatic rings. The van der Waals surface area contributed by atoms with Gasteiger partial charge in [0.15, 0.2) is 5.84 Å². The minimum atomic E-state index is -4.03. The minimum absolute atomic E-state index is 0.0828. The number of nitrogens with one attached hydrogen (secondary N) is 2. The first-order valence-corrected chi connectivity index (χ1v) is 7.61. The summed E-state index contributed by atoms with van der Waals surface area (Å²) in [6, 6.07) is 4.72. The third-order valence-electron chi connectivity index (χ3n) is 2.22. The molecule has 2 amide bonds. The summed E-state index contributed by atoms with van der Waals surface area (Å²) in [6.07, 6.45) is 0. The number of amides is 2. The van der Waals surface area contributed by atoms with E-state index in [1.165, 1.54) is 24.3 Å². The zero-order valence-electron chi connectivity index (χ0n) is 9.52. The Kier molecular flexibility index (Phi) is 4.24. The van der Waals surface area contributed by atoms with Gasteiger partial charge in [-0.25, -0.2) is 4.79 Å². The standard InChI is InChI=1S/C10H6Cl3N3O3S/c11-5-1-3-6(4-2-5)20(18,19)16-9-7(8(12)13)14-10(17)15-9/h1-4H,(H2,14,15,16,17). The van der Waals surface area contributed by atoms with Crippen LogP contribution in [0.2, 0.25) is 5.02 Å². The molecule has 0 aromatic heterocycles. The predicted molar refractivity (Wildman–Crippen MR) is 76.5 cm³/mol. The van der Waals surface area contributed by atoms with Crippen LogP contribution in [0.25, 0.3) is 0 Å². The summed E-state index contributed by atoms with van der Waals surface area (Å²) in [7, 11) is -4.03. The van der Waals surface area contributed by atoms with Gasteiger partial charge in [0, 0.05) is 5.02 Å². The van der Waals surface area contributed by atoms with Crippen LogP contribution in [-0.2, 0) is 10.0 Å². The quantitative estimate of drug-likeness (QED) is 0.855. The van der Waals surface area contributed by atoms with Gasteiger partial charge in [0.1, 0.15) is 10.2 Å². The number of sulfonamides is 1. The molecule has 10 heteroatoms. The summed E-state index contributed by atoms with van der Waals surface area (Å²) in [6.45, 7) is 0. The predicted octanol–water partition coefficient (Wildman–Crippen LogP) is 2.39. The van der Waals surface area contributed by atoms with E-state index in [-0.39, 0.29) is 20.9 Å². The Hall–Kier alpha value is -1.28. The molecule has 0 aliphatic carbocycles. The molecular formula is C10H6Cl3N3O3S. The Balaban J connectivity index is 2.46. The maximum Gasteiger partial charge on any atom is 0.325 e. The Morgan fingerprint density at radius 2 is 1.70 bits per heavy atom. The molecule has 1 aromatic carbocycles. The second-order valence-corrected chi connectivity index (χ2v) is 6.57. The molecule has 1 aromatic rings. The van der Waals surface area contributed by atoms with Crippen molar-refractivity contribution in [2.75, 3.05) is 0 Å². The second-order valence-electron chi connectivity index (χ2n) is 3.58. The molecule has 0 spiro atoms. The molecular weight excluding hydrogens is 349 g/mol. The topological polar surface area (TPSA) is 87.6 Å². The van der Waals surface area contributed by atoms with Crippen LogP contribution in [0.15, 0.2) is 43.7 Å². The molecule has 0 bridgehead atoms. The number of carbonyl (C=O) groups excluding carboxylic acids is 1. The van der Waals surface area contributed by atoms with Gasteiger partial charge in [0.25, 0.3) is 10.0 Å².